The SMILES string of the molecule is COc1ccccc1C(C)(C)NC(=O)[C@H]1CC[C@H]2[C@@H]3CC=C4C=C(C=O)CC[C@]4(C)[C@H]3CC[C@]12C. The number of nitrogens with one attached hydrogen (secondary N) is 1. The normalized spacial score (nSPS) is 36.1. The first-order chi connectivity index (χ1) is 16.6. The van der Waals surface area contributed by atoms with Crippen molar-refractivity contribution in [1.29, 1.82) is 0 Å². The number of benzene rings is 1. The topological polar surface area (TPSA) is 55.4 Å². The zero-order valence-corrected chi connectivity index (χ0v) is 22.0. The predicted molar refractivity (Wildman–Crippen MR) is 139 cm³/mol. The highest BCUT2D eigenvalue weighted by atomic mass is 16.5. The molecule has 1 aromatic rings. The Morgan fingerprint density at radius 3 is 2.63 bits per heavy atom. The van der Waals surface area contributed by atoms with Gasteiger partial charge in [-0.1, -0.05) is 44.2 Å². The molecule has 1 amide bonds. The van der Waals surface area contributed by atoms with Gasteiger partial charge in [0.1, 0.15) is 12.0 Å². The maximum Gasteiger partial charge on any atom is 0.224 e. The summed E-state index contributed by atoms with van der Waals surface area (Å²) in [5.74, 6) is 2.92. The van der Waals surface area contributed by atoms with E-state index in [9.17, 15) is 9.59 Å². The van der Waals surface area contributed by atoms with Crippen molar-refractivity contribution in [3.8, 4) is 5.75 Å². The Morgan fingerprint density at radius 1 is 1.11 bits per heavy atom. The summed E-state index contributed by atoms with van der Waals surface area (Å²) in [6.45, 7) is 8.99. The Kier molecular flexibility index (Phi) is 6.01. The molecule has 0 saturated heterocycles. The van der Waals surface area contributed by atoms with Crippen molar-refractivity contribution in [2.75, 3.05) is 7.11 Å². The summed E-state index contributed by atoms with van der Waals surface area (Å²) in [5.41, 5.74) is 3.06. The minimum atomic E-state index is -0.504. The molecule has 2 saturated carbocycles. The van der Waals surface area contributed by atoms with E-state index in [4.69, 9.17) is 4.74 Å². The van der Waals surface area contributed by atoms with Crippen LogP contribution in [-0.2, 0) is 15.1 Å². The number of fused-ring (bicyclic) bond motifs is 5. The Balaban J connectivity index is 1.37. The first-order valence-electron chi connectivity index (χ1n) is 13.5. The number of allylic oxidation sites excluding steroid dienone is 4. The summed E-state index contributed by atoms with van der Waals surface area (Å²) in [6, 6.07) is 7.98. The van der Waals surface area contributed by atoms with Gasteiger partial charge in [0.15, 0.2) is 0 Å². The number of rotatable bonds is 5. The zero-order valence-electron chi connectivity index (χ0n) is 22.0. The van der Waals surface area contributed by atoms with E-state index in [0.29, 0.717) is 17.8 Å². The molecule has 35 heavy (non-hydrogen) atoms. The lowest BCUT2D eigenvalue weighted by atomic mass is 9.48. The molecule has 0 aromatic heterocycles. The van der Waals surface area contributed by atoms with Gasteiger partial charge in [0.05, 0.1) is 12.6 Å². The maximum absolute atomic E-state index is 13.8. The summed E-state index contributed by atoms with van der Waals surface area (Å²) in [7, 11) is 1.68. The molecule has 1 aromatic carbocycles. The van der Waals surface area contributed by atoms with Crippen molar-refractivity contribution in [1.82, 2.24) is 5.32 Å². The molecular formula is C31H41NO3. The molecule has 2 fully saturated rings. The quantitative estimate of drug-likeness (QED) is 0.504. The average Bonchev–Trinajstić information content (AvgIpc) is 3.20. The van der Waals surface area contributed by atoms with E-state index in [1.807, 2.05) is 24.3 Å². The third kappa shape index (κ3) is 3.79. The van der Waals surface area contributed by atoms with Gasteiger partial charge in [0.25, 0.3) is 0 Å². The number of methoxy groups -OCH3 is 1. The van der Waals surface area contributed by atoms with E-state index < -0.39 is 5.54 Å². The summed E-state index contributed by atoms with van der Waals surface area (Å²) in [4.78, 5) is 25.2. The number of aldehydes is 1. The van der Waals surface area contributed by atoms with E-state index in [-0.39, 0.29) is 22.7 Å². The summed E-state index contributed by atoms with van der Waals surface area (Å²) >= 11 is 0. The van der Waals surface area contributed by atoms with Gasteiger partial charge in [0, 0.05) is 11.5 Å². The first-order valence-corrected chi connectivity index (χ1v) is 13.5. The number of para-hydroxylation sites is 1. The molecule has 4 aliphatic rings. The average molecular weight is 476 g/mol. The van der Waals surface area contributed by atoms with Crippen molar-refractivity contribution in [3.05, 3.63) is 53.1 Å². The third-order valence-electron chi connectivity index (χ3n) is 10.5. The van der Waals surface area contributed by atoms with E-state index in [1.165, 1.54) is 12.0 Å². The van der Waals surface area contributed by atoms with Gasteiger partial charge < -0.3 is 10.1 Å². The van der Waals surface area contributed by atoms with Crippen LogP contribution < -0.4 is 10.1 Å². The predicted octanol–water partition coefficient (Wildman–Crippen LogP) is 6.36. The lowest BCUT2D eigenvalue weighted by molar-refractivity contribution is -0.133. The Bertz CT molecular complexity index is 1080. The van der Waals surface area contributed by atoms with Crippen LogP contribution in [0.2, 0.25) is 0 Å². The maximum atomic E-state index is 13.8. The van der Waals surface area contributed by atoms with Gasteiger partial charge in [-0.15, -0.1) is 0 Å². The van der Waals surface area contributed by atoms with Crippen LogP contribution in [-0.4, -0.2) is 19.3 Å². The highest BCUT2D eigenvalue weighted by molar-refractivity contribution is 5.81. The van der Waals surface area contributed by atoms with Crippen LogP contribution in [0.15, 0.2) is 47.6 Å². The fourth-order valence-electron chi connectivity index (χ4n) is 8.49. The molecule has 1 N–H and O–H groups in total. The summed E-state index contributed by atoms with van der Waals surface area (Å²) in [6.07, 6.45) is 13.1. The number of amides is 1. The molecule has 0 bridgehead atoms. The number of ether oxygens (including phenoxy) is 1. The number of carbonyl (C=O) groups is 2. The smallest absolute Gasteiger partial charge is 0.224 e. The Morgan fingerprint density at radius 2 is 1.89 bits per heavy atom. The minimum absolute atomic E-state index is 0.0439. The summed E-state index contributed by atoms with van der Waals surface area (Å²) in [5, 5.41) is 3.41. The number of hydrogen-bond donors (Lipinski definition) is 1. The molecule has 4 aliphatic carbocycles. The molecule has 0 spiro atoms. The number of carbonyl (C=O) groups excluding carboxylic acids is 2. The van der Waals surface area contributed by atoms with Crippen LogP contribution in [0.25, 0.3) is 0 Å². The molecule has 5 rings (SSSR count). The van der Waals surface area contributed by atoms with Crippen molar-refractivity contribution in [2.45, 2.75) is 78.2 Å². The second kappa shape index (κ2) is 8.64. The largest absolute Gasteiger partial charge is 0.496 e. The molecule has 0 radical (unpaired) electrons. The second-order valence-electron chi connectivity index (χ2n) is 12.5. The molecule has 4 nitrogen and oxygen atoms in total. The molecule has 188 valence electrons. The van der Waals surface area contributed by atoms with E-state index in [0.717, 1.165) is 61.7 Å². The van der Waals surface area contributed by atoms with E-state index >= 15 is 0 Å². The van der Waals surface area contributed by atoms with Crippen LogP contribution in [0, 0.1) is 34.5 Å². The fourth-order valence-corrected chi connectivity index (χ4v) is 8.49. The molecule has 0 heterocycles. The van der Waals surface area contributed by atoms with Crippen molar-refractivity contribution in [2.24, 2.45) is 34.5 Å². The van der Waals surface area contributed by atoms with Crippen molar-refractivity contribution >= 4 is 12.2 Å². The minimum Gasteiger partial charge on any atom is -0.496 e. The van der Waals surface area contributed by atoms with E-state index in [2.05, 4.69) is 45.2 Å². The highest BCUT2D eigenvalue weighted by Crippen LogP contribution is 2.66. The van der Waals surface area contributed by atoms with Crippen LogP contribution in [0.4, 0.5) is 0 Å². The van der Waals surface area contributed by atoms with Gasteiger partial charge >= 0.3 is 0 Å². The summed E-state index contributed by atoms with van der Waals surface area (Å²) < 4.78 is 5.59. The standard InChI is InChI=1S/C31H41NO3/c1-29(2,25-8-6-7-9-27(25)35-5)32-28(34)26-13-12-23-22-11-10-21-18-20(19-33)14-16-30(21,3)24(22)15-17-31(23,26)4/h6-10,18-19,22-24,26H,11-17H2,1-5H3,(H,32,34)/t22-,23-,24-,26+,30-,31-/m0/s1. The van der Waals surface area contributed by atoms with Gasteiger partial charge in [-0.3, -0.25) is 9.59 Å². The van der Waals surface area contributed by atoms with Crippen LogP contribution in [0.5, 0.6) is 5.75 Å². The highest BCUT2D eigenvalue weighted by Gasteiger charge is 2.59. The lowest BCUT2D eigenvalue weighted by Crippen LogP contribution is -2.52. The molecule has 6 atom stereocenters. The van der Waals surface area contributed by atoms with Gasteiger partial charge in [-0.25, -0.2) is 0 Å². The van der Waals surface area contributed by atoms with Gasteiger partial charge in [0.2, 0.25) is 5.91 Å². The zero-order chi connectivity index (χ0) is 25.0. The fraction of sp³-hybridized carbons (Fsp3) is 0.613. The number of hydrogen-bond acceptors (Lipinski definition) is 3. The van der Waals surface area contributed by atoms with Crippen LogP contribution in [0.3, 0.4) is 0 Å². The van der Waals surface area contributed by atoms with Crippen molar-refractivity contribution in [3.63, 3.8) is 0 Å². The Labute approximate surface area is 210 Å². The van der Waals surface area contributed by atoms with Crippen LogP contribution in [0.1, 0.15) is 78.2 Å². The third-order valence-corrected chi connectivity index (χ3v) is 10.5. The molecular weight excluding hydrogens is 434 g/mol. The van der Waals surface area contributed by atoms with Crippen LogP contribution >= 0.6 is 0 Å². The van der Waals surface area contributed by atoms with E-state index in [1.54, 1.807) is 7.11 Å². The lowest BCUT2D eigenvalue weighted by Gasteiger charge is -2.57. The second-order valence-corrected chi connectivity index (χ2v) is 12.5. The first kappa shape index (κ1) is 24.3. The Hall–Kier alpha value is -2.36. The monoisotopic (exact) mass is 475 g/mol. The molecule has 0 aliphatic heterocycles. The molecule has 4 heteroatoms. The van der Waals surface area contributed by atoms with Crippen molar-refractivity contribution < 1.29 is 14.3 Å². The van der Waals surface area contributed by atoms with Gasteiger partial charge in [-0.2, -0.15) is 0 Å². The van der Waals surface area contributed by atoms with Gasteiger partial charge in [-0.05, 0) is 105 Å². The molecule has 0 unspecified atom stereocenters.